The minimum atomic E-state index is -0.736. The summed E-state index contributed by atoms with van der Waals surface area (Å²) in [5.41, 5.74) is 3.66. The highest BCUT2D eigenvalue weighted by molar-refractivity contribution is 6.32. The number of rotatable bonds is 5. The number of fused-ring (bicyclic) bond motifs is 1. The predicted molar refractivity (Wildman–Crippen MR) is 129 cm³/mol. The maximum absolute atomic E-state index is 13.7. The van der Waals surface area contributed by atoms with Crippen LogP contribution in [0.1, 0.15) is 56.1 Å². The van der Waals surface area contributed by atoms with Gasteiger partial charge in [-0.3, -0.25) is 14.6 Å². The second-order valence-corrected chi connectivity index (χ2v) is 9.31. The van der Waals surface area contributed by atoms with E-state index in [9.17, 15) is 9.59 Å². The lowest BCUT2D eigenvalue weighted by molar-refractivity contribution is -0.146. The van der Waals surface area contributed by atoms with E-state index in [1.165, 1.54) is 0 Å². The van der Waals surface area contributed by atoms with Gasteiger partial charge in [0, 0.05) is 40.4 Å². The van der Waals surface area contributed by atoms with Crippen LogP contribution in [0.2, 0.25) is 5.02 Å². The molecule has 1 aliphatic carbocycles. The lowest BCUT2D eigenvalue weighted by atomic mass is 9.69. The lowest BCUT2D eigenvalue weighted by Gasteiger charge is -2.36. The average Bonchev–Trinajstić information content (AvgIpc) is 3.28. The first kappa shape index (κ1) is 22.7. The predicted octanol–water partition coefficient (Wildman–Crippen LogP) is 5.60. The second kappa shape index (κ2) is 9.26. The number of hydrogen-bond acceptors (Lipinski definition) is 6. The van der Waals surface area contributed by atoms with Gasteiger partial charge in [0.1, 0.15) is 5.92 Å². The fourth-order valence-corrected chi connectivity index (χ4v) is 5.40. The first-order chi connectivity index (χ1) is 16.5. The topological polar surface area (TPSA) is 74.2 Å². The van der Waals surface area contributed by atoms with Crippen LogP contribution in [0, 0.1) is 5.92 Å². The summed E-state index contributed by atoms with van der Waals surface area (Å²) in [4.78, 5) is 31.7. The SMILES string of the molecule is CCCOC(=O)C1C(C)=NC2=C(C(=O)C[C@@H](c3ccccc3)C2)[C@H]1c1cc2c(cc1Cl)OCO2. The molecule has 0 N–H and O–H groups in total. The average molecular weight is 480 g/mol. The normalized spacial score (nSPS) is 23.4. The third-order valence-electron chi connectivity index (χ3n) is 6.69. The number of aliphatic imine (C=N–C) groups is 1. The molecular formula is C27H26ClNO5. The van der Waals surface area contributed by atoms with Crippen molar-refractivity contribution in [3.63, 3.8) is 0 Å². The number of halogens is 1. The molecule has 1 unspecified atom stereocenters. The van der Waals surface area contributed by atoms with Gasteiger partial charge in [0.25, 0.3) is 0 Å². The summed E-state index contributed by atoms with van der Waals surface area (Å²) in [6.45, 7) is 4.18. The Morgan fingerprint density at radius 2 is 1.88 bits per heavy atom. The number of ketones is 1. The summed E-state index contributed by atoms with van der Waals surface area (Å²) in [5, 5.41) is 0.419. The first-order valence-corrected chi connectivity index (χ1v) is 12.0. The molecule has 0 bridgehead atoms. The Morgan fingerprint density at radius 1 is 1.15 bits per heavy atom. The Balaban J connectivity index is 1.62. The van der Waals surface area contributed by atoms with E-state index in [1.54, 1.807) is 12.1 Å². The van der Waals surface area contributed by atoms with Gasteiger partial charge in [-0.05, 0) is 42.9 Å². The third-order valence-corrected chi connectivity index (χ3v) is 7.02. The molecule has 7 heteroatoms. The molecule has 0 spiro atoms. The Kier molecular flexibility index (Phi) is 6.17. The Labute approximate surface area is 203 Å². The quantitative estimate of drug-likeness (QED) is 0.522. The van der Waals surface area contributed by atoms with Gasteiger partial charge in [-0.1, -0.05) is 48.9 Å². The highest BCUT2D eigenvalue weighted by Crippen LogP contribution is 2.50. The molecule has 2 aliphatic heterocycles. The molecule has 2 aromatic carbocycles. The highest BCUT2D eigenvalue weighted by atomic mass is 35.5. The Morgan fingerprint density at radius 3 is 2.62 bits per heavy atom. The Hall–Kier alpha value is -3.12. The second-order valence-electron chi connectivity index (χ2n) is 8.90. The lowest BCUT2D eigenvalue weighted by Crippen LogP contribution is -2.38. The van der Waals surface area contributed by atoms with Gasteiger partial charge < -0.3 is 14.2 Å². The maximum atomic E-state index is 13.7. The van der Waals surface area contributed by atoms with E-state index in [0.29, 0.717) is 59.2 Å². The van der Waals surface area contributed by atoms with Gasteiger partial charge in [-0.25, -0.2) is 0 Å². The molecule has 6 nitrogen and oxygen atoms in total. The molecule has 34 heavy (non-hydrogen) atoms. The highest BCUT2D eigenvalue weighted by Gasteiger charge is 2.45. The first-order valence-electron chi connectivity index (χ1n) is 11.6. The number of carbonyl (C=O) groups is 2. The fraction of sp³-hybridized carbons (Fsp3) is 0.370. The summed E-state index contributed by atoms with van der Waals surface area (Å²) < 4.78 is 16.6. The molecule has 0 amide bonds. The number of allylic oxidation sites excluding steroid dienone is 2. The zero-order chi connectivity index (χ0) is 23.8. The van der Waals surface area contributed by atoms with Crippen LogP contribution in [0.25, 0.3) is 0 Å². The van der Waals surface area contributed by atoms with E-state index < -0.39 is 17.8 Å². The van der Waals surface area contributed by atoms with Crippen molar-refractivity contribution in [1.82, 2.24) is 0 Å². The Bertz CT molecular complexity index is 1200. The molecular weight excluding hydrogens is 454 g/mol. The van der Waals surface area contributed by atoms with Gasteiger partial charge in [0.15, 0.2) is 17.3 Å². The molecule has 2 heterocycles. The van der Waals surface area contributed by atoms with Gasteiger partial charge in [0.05, 0.1) is 6.61 Å². The van der Waals surface area contributed by atoms with Crippen molar-refractivity contribution < 1.29 is 23.8 Å². The van der Waals surface area contributed by atoms with E-state index in [4.69, 9.17) is 30.8 Å². The summed E-state index contributed by atoms with van der Waals surface area (Å²) in [7, 11) is 0. The maximum Gasteiger partial charge on any atom is 0.315 e. The number of carbonyl (C=O) groups excluding carboxylic acids is 2. The minimum absolute atomic E-state index is 0.0154. The standard InChI is InChI=1S/C27H26ClNO5/c1-3-9-32-27(31)24-15(2)29-20-10-17(16-7-5-4-6-8-16)11-21(30)26(20)25(24)18-12-22-23(13-19(18)28)34-14-33-22/h4-8,12-13,17,24-25H,3,9-11,14H2,1-2H3/t17-,24?,25-/m0/s1. The van der Waals surface area contributed by atoms with E-state index in [-0.39, 0.29) is 18.5 Å². The molecule has 2 aromatic rings. The molecule has 0 radical (unpaired) electrons. The summed E-state index contributed by atoms with van der Waals surface area (Å²) in [6.07, 6.45) is 1.68. The van der Waals surface area contributed by atoms with Crippen molar-refractivity contribution in [2.24, 2.45) is 10.9 Å². The van der Waals surface area contributed by atoms with Crippen molar-refractivity contribution in [3.8, 4) is 11.5 Å². The zero-order valence-electron chi connectivity index (χ0n) is 19.2. The van der Waals surface area contributed by atoms with Crippen molar-refractivity contribution >= 4 is 29.1 Å². The van der Waals surface area contributed by atoms with E-state index in [2.05, 4.69) is 0 Å². The molecule has 3 aliphatic rings. The van der Waals surface area contributed by atoms with Crippen LogP contribution in [-0.2, 0) is 14.3 Å². The van der Waals surface area contributed by atoms with Crippen LogP contribution in [-0.4, -0.2) is 30.9 Å². The fourth-order valence-electron chi connectivity index (χ4n) is 5.13. The van der Waals surface area contributed by atoms with Crippen molar-refractivity contribution in [2.75, 3.05) is 13.4 Å². The van der Waals surface area contributed by atoms with Gasteiger partial charge in [-0.2, -0.15) is 0 Å². The molecule has 5 rings (SSSR count). The van der Waals surface area contributed by atoms with Gasteiger partial charge >= 0.3 is 5.97 Å². The van der Waals surface area contributed by atoms with Gasteiger partial charge in [0.2, 0.25) is 6.79 Å². The molecule has 0 saturated carbocycles. The van der Waals surface area contributed by atoms with Crippen LogP contribution in [0.5, 0.6) is 11.5 Å². The minimum Gasteiger partial charge on any atom is -0.465 e. The van der Waals surface area contributed by atoms with Crippen molar-refractivity contribution in [3.05, 3.63) is 69.9 Å². The molecule has 176 valence electrons. The van der Waals surface area contributed by atoms with Crippen molar-refractivity contribution in [1.29, 1.82) is 0 Å². The van der Waals surface area contributed by atoms with E-state index in [1.807, 2.05) is 44.2 Å². The number of nitrogens with zero attached hydrogens (tertiary/aromatic N) is 1. The van der Waals surface area contributed by atoms with Crippen LogP contribution < -0.4 is 9.47 Å². The smallest absolute Gasteiger partial charge is 0.315 e. The summed E-state index contributed by atoms with van der Waals surface area (Å²) >= 11 is 6.71. The number of Topliss-reactive ketones (excluding diaryl/α,β-unsaturated/α-hetero) is 1. The number of ether oxygens (including phenoxy) is 3. The number of benzene rings is 2. The number of hydrogen-bond donors (Lipinski definition) is 0. The molecule has 0 fully saturated rings. The van der Waals surface area contributed by atoms with Crippen LogP contribution in [0.3, 0.4) is 0 Å². The van der Waals surface area contributed by atoms with Gasteiger partial charge in [-0.15, -0.1) is 0 Å². The third kappa shape index (κ3) is 4.00. The zero-order valence-corrected chi connectivity index (χ0v) is 19.9. The van der Waals surface area contributed by atoms with Crippen LogP contribution >= 0.6 is 11.6 Å². The van der Waals surface area contributed by atoms with E-state index in [0.717, 1.165) is 11.3 Å². The molecule has 0 saturated heterocycles. The molecule has 3 atom stereocenters. The largest absolute Gasteiger partial charge is 0.465 e. The molecule has 0 aromatic heterocycles. The van der Waals surface area contributed by atoms with Crippen molar-refractivity contribution in [2.45, 2.75) is 44.9 Å². The monoisotopic (exact) mass is 479 g/mol. The summed E-state index contributed by atoms with van der Waals surface area (Å²) in [5.74, 6) is -0.602. The van der Waals surface area contributed by atoms with Crippen LogP contribution in [0.4, 0.5) is 0 Å². The van der Waals surface area contributed by atoms with E-state index >= 15 is 0 Å². The number of esters is 1. The summed E-state index contributed by atoms with van der Waals surface area (Å²) in [6, 6.07) is 13.5. The van der Waals surface area contributed by atoms with Crippen LogP contribution in [0.15, 0.2) is 58.7 Å².